The summed E-state index contributed by atoms with van der Waals surface area (Å²) in [5.41, 5.74) is 0.703. The minimum atomic E-state index is -0.903. The number of phenolic OH excluding ortho intramolecular Hbond substituents is 2. The molecule has 0 heterocycles. The maximum absolute atomic E-state index is 10.8. The average molecular weight is 294 g/mol. The number of aromatic hydroxyl groups is 2. The first-order valence-corrected chi connectivity index (χ1v) is 6.26. The van der Waals surface area contributed by atoms with Gasteiger partial charge in [-0.05, 0) is 17.7 Å². The molecule has 1 aromatic rings. The smallest absolute Gasteiger partial charge is 0.330 e. The Balaban J connectivity index is 2.23. The van der Waals surface area contributed by atoms with E-state index in [1.54, 1.807) is 18.2 Å². The Hall–Kier alpha value is -2.31. The van der Waals surface area contributed by atoms with Gasteiger partial charge in [-0.2, -0.15) is 0 Å². The van der Waals surface area contributed by atoms with E-state index in [0.29, 0.717) is 5.56 Å². The highest BCUT2D eigenvalue weighted by Crippen LogP contribution is 2.25. The van der Waals surface area contributed by atoms with E-state index < -0.39 is 12.1 Å². The number of benzene rings is 1. The van der Waals surface area contributed by atoms with Crippen LogP contribution < -0.4 is 0 Å². The lowest BCUT2D eigenvalue weighted by Crippen LogP contribution is -2.23. The van der Waals surface area contributed by atoms with Crippen LogP contribution in [0.25, 0.3) is 6.08 Å². The standard InChI is InChI=1S/C15H18O6/c1-2-15(19)21-10-12(16)9-20-7-3-4-11-5-6-13(17)14(18)8-11/h2-6,8,12,16-18H,1,7,9-10H2. The number of carbonyl (C=O) groups excluding carboxylic acids is 1. The predicted octanol–water partition coefficient (Wildman–Crippen LogP) is 1.22. The van der Waals surface area contributed by atoms with Crippen LogP contribution >= 0.6 is 0 Å². The molecule has 114 valence electrons. The van der Waals surface area contributed by atoms with Gasteiger partial charge in [0, 0.05) is 6.08 Å². The highest BCUT2D eigenvalue weighted by Gasteiger charge is 2.06. The monoisotopic (exact) mass is 294 g/mol. The van der Waals surface area contributed by atoms with Crippen LogP contribution in [0.5, 0.6) is 11.5 Å². The van der Waals surface area contributed by atoms with Crippen molar-refractivity contribution in [1.82, 2.24) is 0 Å². The summed E-state index contributed by atoms with van der Waals surface area (Å²) in [7, 11) is 0. The van der Waals surface area contributed by atoms with Crippen molar-refractivity contribution >= 4 is 12.0 Å². The molecule has 0 aliphatic carbocycles. The second kappa shape index (κ2) is 8.78. The summed E-state index contributed by atoms with van der Waals surface area (Å²) in [6, 6.07) is 4.43. The molecule has 0 saturated carbocycles. The molecule has 0 aliphatic heterocycles. The molecule has 6 heteroatoms. The molecule has 0 aromatic heterocycles. The topological polar surface area (TPSA) is 96.2 Å². The fraction of sp³-hybridized carbons (Fsp3) is 0.267. The molecule has 0 bridgehead atoms. The van der Waals surface area contributed by atoms with Crippen molar-refractivity contribution in [2.45, 2.75) is 6.10 Å². The molecule has 6 nitrogen and oxygen atoms in total. The molecule has 1 unspecified atom stereocenters. The number of carbonyl (C=O) groups is 1. The van der Waals surface area contributed by atoms with Crippen LogP contribution in [0.2, 0.25) is 0 Å². The molecule has 21 heavy (non-hydrogen) atoms. The van der Waals surface area contributed by atoms with Crippen molar-refractivity contribution in [2.24, 2.45) is 0 Å². The van der Waals surface area contributed by atoms with E-state index in [0.717, 1.165) is 6.08 Å². The maximum atomic E-state index is 10.8. The van der Waals surface area contributed by atoms with E-state index in [9.17, 15) is 15.0 Å². The first-order chi connectivity index (χ1) is 10.0. The van der Waals surface area contributed by atoms with Gasteiger partial charge in [-0.1, -0.05) is 24.8 Å². The third kappa shape index (κ3) is 6.60. The molecule has 0 aliphatic rings. The zero-order chi connectivity index (χ0) is 15.7. The molecule has 1 aromatic carbocycles. The second-order valence-corrected chi connectivity index (χ2v) is 4.18. The van der Waals surface area contributed by atoms with Gasteiger partial charge in [0.25, 0.3) is 0 Å². The zero-order valence-electron chi connectivity index (χ0n) is 11.4. The summed E-state index contributed by atoms with van der Waals surface area (Å²) >= 11 is 0. The number of hydrogen-bond acceptors (Lipinski definition) is 6. The number of phenols is 2. The van der Waals surface area contributed by atoms with E-state index in [1.165, 1.54) is 12.1 Å². The highest BCUT2D eigenvalue weighted by atomic mass is 16.5. The molecule has 0 spiro atoms. The van der Waals surface area contributed by atoms with Crippen molar-refractivity contribution in [3.05, 3.63) is 42.5 Å². The van der Waals surface area contributed by atoms with Gasteiger partial charge >= 0.3 is 5.97 Å². The Labute approximate surface area is 122 Å². The van der Waals surface area contributed by atoms with Crippen LogP contribution in [0.1, 0.15) is 5.56 Å². The van der Waals surface area contributed by atoms with E-state index >= 15 is 0 Å². The summed E-state index contributed by atoms with van der Waals surface area (Å²) < 4.78 is 9.82. The van der Waals surface area contributed by atoms with Crippen molar-refractivity contribution in [2.75, 3.05) is 19.8 Å². The van der Waals surface area contributed by atoms with E-state index in [4.69, 9.17) is 9.84 Å². The summed E-state index contributed by atoms with van der Waals surface area (Å²) in [6.07, 6.45) is 3.50. The molecule has 0 fully saturated rings. The van der Waals surface area contributed by atoms with Crippen LogP contribution in [-0.4, -0.2) is 47.2 Å². The fourth-order valence-corrected chi connectivity index (χ4v) is 1.39. The van der Waals surface area contributed by atoms with Gasteiger partial charge in [0.2, 0.25) is 0 Å². The Morgan fingerprint density at radius 2 is 2.05 bits per heavy atom. The summed E-state index contributed by atoms with van der Waals surface area (Å²) in [4.78, 5) is 10.8. The minimum Gasteiger partial charge on any atom is -0.504 e. The van der Waals surface area contributed by atoms with Crippen LogP contribution in [0.4, 0.5) is 0 Å². The predicted molar refractivity (Wildman–Crippen MR) is 76.8 cm³/mol. The Bertz CT molecular complexity index is 509. The SMILES string of the molecule is C=CC(=O)OCC(O)COCC=Cc1ccc(O)c(O)c1. The molecular formula is C15H18O6. The van der Waals surface area contributed by atoms with Crippen molar-refractivity contribution in [3.63, 3.8) is 0 Å². The summed E-state index contributed by atoms with van der Waals surface area (Å²) in [5.74, 6) is -0.973. The van der Waals surface area contributed by atoms with E-state index in [-0.39, 0.29) is 31.3 Å². The second-order valence-electron chi connectivity index (χ2n) is 4.18. The van der Waals surface area contributed by atoms with Gasteiger partial charge in [0.05, 0.1) is 13.2 Å². The van der Waals surface area contributed by atoms with Gasteiger partial charge < -0.3 is 24.8 Å². The van der Waals surface area contributed by atoms with Gasteiger partial charge in [-0.25, -0.2) is 4.79 Å². The number of ether oxygens (including phenoxy) is 2. The number of aliphatic hydroxyl groups excluding tert-OH is 1. The Morgan fingerprint density at radius 3 is 2.71 bits per heavy atom. The Morgan fingerprint density at radius 1 is 1.29 bits per heavy atom. The normalized spacial score (nSPS) is 12.2. The number of hydrogen-bond donors (Lipinski definition) is 3. The van der Waals surface area contributed by atoms with E-state index in [1.807, 2.05) is 0 Å². The summed E-state index contributed by atoms with van der Waals surface area (Å²) in [5, 5.41) is 27.9. The first-order valence-electron chi connectivity index (χ1n) is 6.26. The number of rotatable bonds is 8. The first kappa shape index (κ1) is 16.7. The van der Waals surface area contributed by atoms with Crippen LogP contribution in [0.3, 0.4) is 0 Å². The molecule has 1 rings (SSSR count). The van der Waals surface area contributed by atoms with Gasteiger partial charge in [-0.15, -0.1) is 0 Å². The molecule has 0 saturated heterocycles. The molecule has 0 radical (unpaired) electrons. The minimum absolute atomic E-state index is 0.0234. The highest BCUT2D eigenvalue weighted by molar-refractivity contribution is 5.81. The third-order valence-electron chi connectivity index (χ3n) is 2.42. The van der Waals surface area contributed by atoms with Gasteiger partial charge in [0.15, 0.2) is 11.5 Å². The quantitative estimate of drug-likeness (QED) is 0.289. The lowest BCUT2D eigenvalue weighted by Gasteiger charge is -2.09. The van der Waals surface area contributed by atoms with Crippen molar-refractivity contribution in [3.8, 4) is 11.5 Å². The van der Waals surface area contributed by atoms with Crippen LogP contribution in [0.15, 0.2) is 36.9 Å². The van der Waals surface area contributed by atoms with Gasteiger partial charge in [0.1, 0.15) is 12.7 Å². The van der Waals surface area contributed by atoms with Crippen LogP contribution in [0, 0.1) is 0 Å². The number of aliphatic hydroxyl groups is 1. The van der Waals surface area contributed by atoms with Crippen molar-refractivity contribution in [1.29, 1.82) is 0 Å². The zero-order valence-corrected chi connectivity index (χ0v) is 11.4. The molecule has 3 N–H and O–H groups in total. The Kier molecular flexibility index (Phi) is 7.00. The van der Waals surface area contributed by atoms with Gasteiger partial charge in [-0.3, -0.25) is 0 Å². The van der Waals surface area contributed by atoms with Crippen molar-refractivity contribution < 1.29 is 29.6 Å². The third-order valence-corrected chi connectivity index (χ3v) is 2.42. The molecule has 0 amide bonds. The lowest BCUT2D eigenvalue weighted by atomic mass is 10.2. The lowest BCUT2D eigenvalue weighted by molar-refractivity contribution is -0.141. The fourth-order valence-electron chi connectivity index (χ4n) is 1.39. The average Bonchev–Trinajstić information content (AvgIpc) is 2.48. The van der Waals surface area contributed by atoms with E-state index in [2.05, 4.69) is 11.3 Å². The largest absolute Gasteiger partial charge is 0.504 e. The number of esters is 1. The maximum Gasteiger partial charge on any atom is 0.330 e. The van der Waals surface area contributed by atoms with Crippen LogP contribution in [-0.2, 0) is 14.3 Å². The summed E-state index contributed by atoms with van der Waals surface area (Å²) in [6.45, 7) is 3.35. The molecular weight excluding hydrogens is 276 g/mol. The molecule has 1 atom stereocenters.